The monoisotopic (exact) mass is 258 g/mol. The Morgan fingerprint density at radius 2 is 2.15 bits per heavy atom. The number of aliphatic hydroxyl groups excluding tert-OH is 1. The Kier molecular flexibility index (Phi) is 2.27. The minimum atomic E-state index is 0.0242. The van der Waals surface area contributed by atoms with E-state index < -0.39 is 0 Å². The van der Waals surface area contributed by atoms with Gasteiger partial charge < -0.3 is 10.2 Å². The highest BCUT2D eigenvalue weighted by Crippen LogP contribution is 2.37. The fourth-order valence-corrected chi connectivity index (χ4v) is 2.62. The van der Waals surface area contributed by atoms with Crippen LogP contribution in [0.1, 0.15) is 4.88 Å². The number of hydrogen-bond donors (Lipinski definition) is 2. The highest BCUT2D eigenvalue weighted by atomic mass is 79.9. The first-order valence-corrected chi connectivity index (χ1v) is 5.34. The van der Waals surface area contributed by atoms with Gasteiger partial charge in [-0.2, -0.15) is 0 Å². The standard InChI is InChI=1S/C9H7BrO2S/c10-7-2-1-5-3-6(4-11)13-9(5)8(7)12/h1-3,11-12H,4H2. The predicted octanol–water partition coefficient (Wildman–Crippen LogP) is 2.86. The summed E-state index contributed by atoms with van der Waals surface area (Å²) in [6.07, 6.45) is 0. The lowest BCUT2D eigenvalue weighted by Crippen LogP contribution is -1.70. The van der Waals surface area contributed by atoms with E-state index in [-0.39, 0.29) is 12.4 Å². The van der Waals surface area contributed by atoms with Crippen molar-refractivity contribution in [1.82, 2.24) is 0 Å². The lowest BCUT2D eigenvalue weighted by molar-refractivity contribution is 0.285. The Labute approximate surface area is 87.6 Å². The lowest BCUT2D eigenvalue weighted by Gasteiger charge is -1.96. The van der Waals surface area contributed by atoms with Gasteiger partial charge in [0.1, 0.15) is 5.75 Å². The van der Waals surface area contributed by atoms with Crippen LogP contribution in [0.5, 0.6) is 5.75 Å². The van der Waals surface area contributed by atoms with Gasteiger partial charge in [-0.25, -0.2) is 0 Å². The molecule has 2 rings (SSSR count). The molecule has 0 amide bonds. The summed E-state index contributed by atoms with van der Waals surface area (Å²) in [6, 6.07) is 5.59. The summed E-state index contributed by atoms with van der Waals surface area (Å²) in [5.41, 5.74) is 0. The molecule has 0 aliphatic heterocycles. The lowest BCUT2D eigenvalue weighted by atomic mass is 10.2. The highest BCUT2D eigenvalue weighted by molar-refractivity contribution is 9.10. The van der Waals surface area contributed by atoms with Crippen LogP contribution in [-0.2, 0) is 6.61 Å². The fraction of sp³-hybridized carbons (Fsp3) is 0.111. The van der Waals surface area contributed by atoms with Gasteiger partial charge in [0.2, 0.25) is 0 Å². The second kappa shape index (κ2) is 3.29. The first-order chi connectivity index (χ1) is 6.22. The zero-order valence-electron chi connectivity index (χ0n) is 6.62. The number of halogens is 1. The molecule has 2 N–H and O–H groups in total. The Hall–Kier alpha value is -0.580. The van der Waals surface area contributed by atoms with Crippen LogP contribution in [0.4, 0.5) is 0 Å². The van der Waals surface area contributed by atoms with Crippen LogP contribution in [0, 0.1) is 0 Å². The van der Waals surface area contributed by atoms with Crippen LogP contribution >= 0.6 is 27.3 Å². The molecule has 0 spiro atoms. The molecule has 2 aromatic rings. The molecule has 0 saturated heterocycles. The highest BCUT2D eigenvalue weighted by Gasteiger charge is 2.07. The summed E-state index contributed by atoms with van der Waals surface area (Å²) >= 11 is 4.65. The van der Waals surface area contributed by atoms with Crippen LogP contribution in [0.3, 0.4) is 0 Å². The fourth-order valence-electron chi connectivity index (χ4n) is 1.20. The average molecular weight is 259 g/mol. The van der Waals surface area contributed by atoms with Crippen LogP contribution in [-0.4, -0.2) is 10.2 Å². The molecule has 0 fully saturated rings. The van der Waals surface area contributed by atoms with Gasteiger partial charge in [-0.05, 0) is 33.4 Å². The summed E-state index contributed by atoms with van der Waals surface area (Å²) < 4.78 is 1.50. The maximum Gasteiger partial charge on any atom is 0.147 e. The molecule has 68 valence electrons. The van der Waals surface area contributed by atoms with Crippen molar-refractivity contribution in [3.8, 4) is 5.75 Å². The number of phenolic OH excluding ortho intramolecular Hbond substituents is 1. The van der Waals surface area contributed by atoms with Gasteiger partial charge in [0.05, 0.1) is 15.8 Å². The molecule has 0 aliphatic rings. The molecule has 0 unspecified atom stereocenters. The van der Waals surface area contributed by atoms with Crippen molar-refractivity contribution in [1.29, 1.82) is 0 Å². The summed E-state index contributed by atoms with van der Waals surface area (Å²) in [4.78, 5) is 0.864. The van der Waals surface area contributed by atoms with Crippen molar-refractivity contribution in [2.75, 3.05) is 0 Å². The normalized spacial score (nSPS) is 10.9. The van der Waals surface area contributed by atoms with Crippen molar-refractivity contribution in [3.63, 3.8) is 0 Å². The molecule has 4 heteroatoms. The third kappa shape index (κ3) is 1.45. The predicted molar refractivity (Wildman–Crippen MR) is 57.1 cm³/mol. The summed E-state index contributed by atoms with van der Waals surface area (Å²) in [6.45, 7) is 0.0242. The van der Waals surface area contributed by atoms with Gasteiger partial charge in [0.25, 0.3) is 0 Å². The van der Waals surface area contributed by atoms with Gasteiger partial charge in [-0.3, -0.25) is 0 Å². The zero-order valence-corrected chi connectivity index (χ0v) is 9.02. The summed E-state index contributed by atoms with van der Waals surface area (Å²) in [5.74, 6) is 0.252. The minimum Gasteiger partial charge on any atom is -0.505 e. The number of phenols is 1. The van der Waals surface area contributed by atoms with E-state index in [0.717, 1.165) is 15.0 Å². The Bertz CT molecular complexity index is 450. The molecule has 1 aromatic carbocycles. The number of thiophene rings is 1. The molecule has 0 bridgehead atoms. The topological polar surface area (TPSA) is 40.5 Å². The van der Waals surface area contributed by atoms with Crippen molar-refractivity contribution in [2.45, 2.75) is 6.61 Å². The number of rotatable bonds is 1. The van der Waals surface area contributed by atoms with Gasteiger partial charge in [-0.1, -0.05) is 6.07 Å². The van der Waals surface area contributed by atoms with Crippen molar-refractivity contribution in [2.24, 2.45) is 0 Å². The number of benzene rings is 1. The van der Waals surface area contributed by atoms with Crippen molar-refractivity contribution in [3.05, 3.63) is 27.5 Å². The van der Waals surface area contributed by atoms with Gasteiger partial charge in [-0.15, -0.1) is 11.3 Å². The zero-order chi connectivity index (χ0) is 9.42. The van der Waals surface area contributed by atoms with Crippen LogP contribution in [0.15, 0.2) is 22.7 Å². The van der Waals surface area contributed by atoms with E-state index in [0.29, 0.717) is 4.47 Å². The maximum atomic E-state index is 9.65. The van der Waals surface area contributed by atoms with E-state index in [9.17, 15) is 5.11 Å². The molecular formula is C9H7BrO2S. The molecule has 1 aromatic heterocycles. The molecule has 2 nitrogen and oxygen atoms in total. The molecular weight excluding hydrogens is 252 g/mol. The first kappa shape index (κ1) is 8.99. The van der Waals surface area contributed by atoms with Gasteiger partial charge in [0, 0.05) is 4.88 Å². The number of fused-ring (bicyclic) bond motifs is 1. The molecule has 13 heavy (non-hydrogen) atoms. The van der Waals surface area contributed by atoms with E-state index in [1.807, 2.05) is 12.1 Å². The average Bonchev–Trinajstić information content (AvgIpc) is 2.55. The number of aromatic hydroxyl groups is 1. The quantitative estimate of drug-likeness (QED) is 0.826. The van der Waals surface area contributed by atoms with Crippen LogP contribution in [0.25, 0.3) is 10.1 Å². The van der Waals surface area contributed by atoms with Crippen molar-refractivity contribution >= 4 is 37.4 Å². The maximum absolute atomic E-state index is 9.65. The number of aliphatic hydroxyl groups is 1. The molecule has 0 atom stereocenters. The second-order valence-electron chi connectivity index (χ2n) is 2.69. The Morgan fingerprint density at radius 1 is 1.38 bits per heavy atom. The van der Waals surface area contributed by atoms with E-state index in [1.165, 1.54) is 11.3 Å². The Morgan fingerprint density at radius 3 is 2.85 bits per heavy atom. The molecule has 0 saturated carbocycles. The first-order valence-electron chi connectivity index (χ1n) is 3.73. The van der Waals surface area contributed by atoms with Crippen LogP contribution < -0.4 is 0 Å². The number of hydrogen-bond acceptors (Lipinski definition) is 3. The molecule has 1 heterocycles. The van der Waals surface area contributed by atoms with Crippen molar-refractivity contribution < 1.29 is 10.2 Å². The Balaban J connectivity index is 2.76. The minimum absolute atomic E-state index is 0.0242. The van der Waals surface area contributed by atoms with E-state index >= 15 is 0 Å². The third-order valence-electron chi connectivity index (χ3n) is 1.82. The smallest absolute Gasteiger partial charge is 0.147 e. The van der Waals surface area contributed by atoms with E-state index in [2.05, 4.69) is 15.9 Å². The molecule has 0 radical (unpaired) electrons. The summed E-state index contributed by atoms with van der Waals surface area (Å²) in [7, 11) is 0. The van der Waals surface area contributed by atoms with Gasteiger partial charge in [0.15, 0.2) is 0 Å². The summed E-state index contributed by atoms with van der Waals surface area (Å²) in [5, 5.41) is 19.5. The van der Waals surface area contributed by atoms with Crippen LogP contribution in [0.2, 0.25) is 0 Å². The van der Waals surface area contributed by atoms with E-state index in [4.69, 9.17) is 5.11 Å². The second-order valence-corrected chi connectivity index (χ2v) is 4.68. The SMILES string of the molecule is OCc1cc2ccc(Br)c(O)c2s1. The largest absolute Gasteiger partial charge is 0.505 e. The third-order valence-corrected chi connectivity index (χ3v) is 3.60. The van der Waals surface area contributed by atoms with Gasteiger partial charge >= 0.3 is 0 Å². The van der Waals surface area contributed by atoms with E-state index in [1.54, 1.807) is 6.07 Å². The molecule has 0 aliphatic carbocycles.